The number of aromatic nitrogens is 1. The first-order valence-electron chi connectivity index (χ1n) is 5.46. The third kappa shape index (κ3) is 2.41. The lowest BCUT2D eigenvalue weighted by Crippen LogP contribution is -2.53. The number of aliphatic hydroxyl groups is 1. The van der Waals surface area contributed by atoms with Crippen molar-refractivity contribution in [2.75, 3.05) is 13.1 Å². The number of aliphatic hydroxyl groups excluding tert-OH is 1. The molecule has 2 rings (SSSR count). The molecule has 0 bridgehead atoms. The van der Waals surface area contributed by atoms with Crippen LogP contribution in [0.4, 0.5) is 0 Å². The average Bonchev–Trinajstić information content (AvgIpc) is 2.61. The van der Waals surface area contributed by atoms with Crippen LogP contribution in [0.3, 0.4) is 0 Å². The van der Waals surface area contributed by atoms with Crippen LogP contribution < -0.4 is 0 Å². The van der Waals surface area contributed by atoms with Gasteiger partial charge in [-0.2, -0.15) is 0 Å². The first-order chi connectivity index (χ1) is 7.56. The summed E-state index contributed by atoms with van der Waals surface area (Å²) in [5.74, 6) is 0.477. The SMILES string of the molecule is CC(C)c1nc(CC(=O)N2CC(O)C2)cs1. The summed E-state index contributed by atoms with van der Waals surface area (Å²) in [5.41, 5.74) is 0.847. The van der Waals surface area contributed by atoms with E-state index < -0.39 is 0 Å². The molecule has 0 unspecified atom stereocenters. The topological polar surface area (TPSA) is 53.4 Å². The van der Waals surface area contributed by atoms with Gasteiger partial charge in [0.25, 0.3) is 0 Å². The van der Waals surface area contributed by atoms with Crippen LogP contribution in [-0.4, -0.2) is 40.1 Å². The zero-order chi connectivity index (χ0) is 11.7. The number of rotatable bonds is 3. The Morgan fingerprint density at radius 3 is 2.88 bits per heavy atom. The quantitative estimate of drug-likeness (QED) is 0.858. The summed E-state index contributed by atoms with van der Waals surface area (Å²) in [6, 6.07) is 0. The zero-order valence-corrected chi connectivity index (χ0v) is 10.3. The van der Waals surface area contributed by atoms with E-state index in [-0.39, 0.29) is 12.0 Å². The third-order valence-electron chi connectivity index (χ3n) is 2.61. The number of carbonyl (C=O) groups excluding carboxylic acids is 1. The van der Waals surface area contributed by atoms with Crippen molar-refractivity contribution < 1.29 is 9.90 Å². The maximum Gasteiger partial charge on any atom is 0.228 e. The van der Waals surface area contributed by atoms with E-state index in [0.717, 1.165) is 10.7 Å². The first-order valence-corrected chi connectivity index (χ1v) is 6.34. The van der Waals surface area contributed by atoms with Crippen molar-refractivity contribution in [3.63, 3.8) is 0 Å². The van der Waals surface area contributed by atoms with Crippen molar-refractivity contribution in [2.24, 2.45) is 0 Å². The van der Waals surface area contributed by atoms with Crippen LogP contribution in [0, 0.1) is 0 Å². The lowest BCUT2D eigenvalue weighted by Gasteiger charge is -2.35. The molecule has 1 aliphatic rings. The van der Waals surface area contributed by atoms with E-state index in [1.165, 1.54) is 0 Å². The van der Waals surface area contributed by atoms with Gasteiger partial charge in [0.15, 0.2) is 0 Å². The number of hydrogen-bond acceptors (Lipinski definition) is 4. The van der Waals surface area contributed by atoms with Crippen LogP contribution in [0.2, 0.25) is 0 Å². The fraction of sp³-hybridized carbons (Fsp3) is 0.636. The van der Waals surface area contributed by atoms with Crippen LogP contribution in [0.15, 0.2) is 5.38 Å². The fourth-order valence-corrected chi connectivity index (χ4v) is 2.43. The second-order valence-corrected chi connectivity index (χ2v) is 5.35. The van der Waals surface area contributed by atoms with E-state index >= 15 is 0 Å². The first kappa shape index (κ1) is 11.5. The van der Waals surface area contributed by atoms with Crippen molar-refractivity contribution >= 4 is 17.2 Å². The molecule has 0 saturated carbocycles. The molecular weight excluding hydrogens is 224 g/mol. The molecule has 4 nitrogen and oxygen atoms in total. The monoisotopic (exact) mass is 240 g/mol. The predicted molar refractivity (Wildman–Crippen MR) is 62.5 cm³/mol. The highest BCUT2D eigenvalue weighted by molar-refractivity contribution is 7.09. The molecule has 1 aliphatic heterocycles. The minimum atomic E-state index is -0.328. The van der Waals surface area contributed by atoms with Gasteiger partial charge in [0, 0.05) is 24.4 Å². The number of likely N-dealkylation sites (tertiary alicyclic amines) is 1. The summed E-state index contributed by atoms with van der Waals surface area (Å²) in [6.45, 7) is 5.13. The maximum atomic E-state index is 11.7. The van der Waals surface area contributed by atoms with Crippen molar-refractivity contribution in [2.45, 2.75) is 32.3 Å². The number of hydrogen-bond donors (Lipinski definition) is 1. The Hall–Kier alpha value is -0.940. The Bertz CT molecular complexity index is 383. The van der Waals surface area contributed by atoms with Gasteiger partial charge < -0.3 is 10.0 Å². The number of amides is 1. The van der Waals surface area contributed by atoms with E-state index in [1.54, 1.807) is 16.2 Å². The summed E-state index contributed by atoms with van der Waals surface area (Å²) >= 11 is 1.61. The molecule has 1 N–H and O–H groups in total. The highest BCUT2D eigenvalue weighted by Gasteiger charge is 2.28. The maximum absolute atomic E-state index is 11.7. The van der Waals surface area contributed by atoms with Gasteiger partial charge in [-0.3, -0.25) is 4.79 Å². The molecule has 0 aromatic carbocycles. The summed E-state index contributed by atoms with van der Waals surface area (Å²) < 4.78 is 0. The molecule has 1 fully saturated rings. The van der Waals surface area contributed by atoms with Gasteiger partial charge in [0.1, 0.15) is 0 Å². The molecule has 88 valence electrons. The van der Waals surface area contributed by atoms with Crippen molar-refractivity contribution in [3.05, 3.63) is 16.1 Å². The van der Waals surface area contributed by atoms with Gasteiger partial charge in [-0.1, -0.05) is 13.8 Å². The number of thiazole rings is 1. The molecule has 1 saturated heterocycles. The minimum absolute atomic E-state index is 0.0610. The van der Waals surface area contributed by atoms with Crippen molar-refractivity contribution in [3.8, 4) is 0 Å². The van der Waals surface area contributed by atoms with E-state index in [0.29, 0.717) is 25.4 Å². The fourth-order valence-electron chi connectivity index (χ4n) is 1.59. The van der Waals surface area contributed by atoms with Gasteiger partial charge in [0.2, 0.25) is 5.91 Å². The molecule has 0 atom stereocenters. The molecular formula is C11H16N2O2S. The van der Waals surface area contributed by atoms with Crippen LogP contribution in [0.5, 0.6) is 0 Å². The van der Waals surface area contributed by atoms with Gasteiger partial charge in [0.05, 0.1) is 23.2 Å². The Kier molecular flexibility index (Phi) is 3.25. The second-order valence-electron chi connectivity index (χ2n) is 4.46. The molecule has 2 heterocycles. The van der Waals surface area contributed by atoms with Gasteiger partial charge >= 0.3 is 0 Å². The molecule has 1 aromatic heterocycles. The molecule has 5 heteroatoms. The Balaban J connectivity index is 1.91. The predicted octanol–water partition coefficient (Wildman–Crippen LogP) is 1.01. The Labute approximate surface area is 98.9 Å². The summed E-state index contributed by atoms with van der Waals surface area (Å²) in [6.07, 6.45) is 0.0289. The molecule has 0 radical (unpaired) electrons. The van der Waals surface area contributed by atoms with Crippen LogP contribution in [0.1, 0.15) is 30.5 Å². The molecule has 0 aliphatic carbocycles. The number of β-amino-alcohol motifs (C(OH)–C–C–N with tert-alkyl or cyclic N) is 1. The Morgan fingerprint density at radius 2 is 2.38 bits per heavy atom. The third-order valence-corrected chi connectivity index (χ3v) is 3.80. The standard InChI is InChI=1S/C11H16N2O2S/c1-7(2)11-12-8(6-16-11)3-10(15)13-4-9(14)5-13/h6-7,9,14H,3-5H2,1-2H3. The van der Waals surface area contributed by atoms with Crippen molar-refractivity contribution in [1.82, 2.24) is 9.88 Å². The van der Waals surface area contributed by atoms with Crippen LogP contribution >= 0.6 is 11.3 Å². The van der Waals surface area contributed by atoms with Gasteiger partial charge in [-0.25, -0.2) is 4.98 Å². The average molecular weight is 240 g/mol. The molecule has 0 spiro atoms. The highest BCUT2D eigenvalue weighted by atomic mass is 32.1. The normalized spacial score (nSPS) is 16.6. The number of nitrogens with zero attached hydrogens (tertiary/aromatic N) is 2. The van der Waals surface area contributed by atoms with Crippen LogP contribution in [0.25, 0.3) is 0 Å². The molecule has 16 heavy (non-hydrogen) atoms. The van der Waals surface area contributed by atoms with Crippen LogP contribution in [-0.2, 0) is 11.2 Å². The van der Waals surface area contributed by atoms with Gasteiger partial charge in [-0.05, 0) is 0 Å². The van der Waals surface area contributed by atoms with Crippen molar-refractivity contribution in [1.29, 1.82) is 0 Å². The highest BCUT2D eigenvalue weighted by Crippen LogP contribution is 2.20. The largest absolute Gasteiger partial charge is 0.389 e. The molecule has 1 aromatic rings. The van der Waals surface area contributed by atoms with E-state index in [2.05, 4.69) is 18.8 Å². The minimum Gasteiger partial charge on any atom is -0.389 e. The number of carbonyl (C=O) groups is 1. The van der Waals surface area contributed by atoms with E-state index in [9.17, 15) is 4.79 Å². The summed E-state index contributed by atoms with van der Waals surface area (Å²) in [5, 5.41) is 12.1. The lowest BCUT2D eigenvalue weighted by molar-refractivity contribution is -0.140. The van der Waals surface area contributed by atoms with E-state index in [4.69, 9.17) is 5.11 Å². The lowest BCUT2D eigenvalue weighted by atomic mass is 10.1. The summed E-state index contributed by atoms with van der Waals surface area (Å²) in [4.78, 5) is 17.8. The van der Waals surface area contributed by atoms with Gasteiger partial charge in [-0.15, -0.1) is 11.3 Å². The van der Waals surface area contributed by atoms with E-state index in [1.807, 2.05) is 5.38 Å². The smallest absolute Gasteiger partial charge is 0.228 e. The summed E-state index contributed by atoms with van der Waals surface area (Å²) in [7, 11) is 0. The zero-order valence-electron chi connectivity index (χ0n) is 9.51. The molecule has 1 amide bonds. The second kappa shape index (κ2) is 4.51. The Morgan fingerprint density at radius 1 is 1.69 bits per heavy atom.